The summed E-state index contributed by atoms with van der Waals surface area (Å²) in [4.78, 5) is 12.5. The third-order valence-corrected chi connectivity index (χ3v) is 4.86. The Hall–Kier alpha value is -1.81. The summed E-state index contributed by atoms with van der Waals surface area (Å²) in [5.74, 6) is -0.194. The van der Waals surface area contributed by atoms with Gasteiger partial charge in [0.15, 0.2) is 0 Å². The van der Waals surface area contributed by atoms with Crippen LogP contribution in [-0.4, -0.2) is 28.7 Å². The maximum absolute atomic E-state index is 12.5. The number of nitrogens with one attached hydrogen (secondary N) is 1. The predicted octanol–water partition coefficient (Wildman–Crippen LogP) is 2.62. The first-order valence-electron chi connectivity index (χ1n) is 7.72. The van der Waals surface area contributed by atoms with Crippen LogP contribution in [-0.2, 0) is 11.8 Å². The van der Waals surface area contributed by atoms with Crippen molar-refractivity contribution in [3.63, 3.8) is 0 Å². The molecule has 1 unspecified atom stereocenters. The zero-order valence-corrected chi connectivity index (χ0v) is 12.2. The molecule has 2 aliphatic rings. The fourth-order valence-corrected chi connectivity index (χ4v) is 3.80. The molecule has 1 N–H and O–H groups in total. The first-order chi connectivity index (χ1) is 10.2. The molecular formula is C17H20N2O2. The van der Waals surface area contributed by atoms with Crippen LogP contribution in [0.4, 0.5) is 0 Å². The lowest BCUT2D eigenvalue weighted by Crippen LogP contribution is -2.42. The van der Waals surface area contributed by atoms with E-state index in [2.05, 4.69) is 5.32 Å². The molecule has 2 bridgehead atoms. The monoisotopic (exact) mass is 284 g/mol. The molecule has 0 aliphatic carbocycles. The minimum Gasteiger partial charge on any atom is -0.458 e. The number of carbonyl (C=O) groups is 1. The Bertz CT molecular complexity index is 679. The van der Waals surface area contributed by atoms with Crippen molar-refractivity contribution in [3.05, 3.63) is 36.0 Å². The van der Waals surface area contributed by atoms with E-state index in [1.54, 1.807) is 0 Å². The standard InChI is InChI=1S/C17H20N2O2/c1-19-15-5-3-2-4-11(15)8-16(19)17(20)21-14-9-12-6-7-13(10-14)18-12/h2-5,8,12-14,18H,6-7,9-10H2,1H3/t12-,13+,14?. The lowest BCUT2D eigenvalue weighted by Gasteiger charge is -2.28. The number of piperidine rings is 1. The minimum atomic E-state index is -0.194. The summed E-state index contributed by atoms with van der Waals surface area (Å²) in [6, 6.07) is 11.0. The van der Waals surface area contributed by atoms with Crippen molar-refractivity contribution in [2.75, 3.05) is 0 Å². The highest BCUT2D eigenvalue weighted by atomic mass is 16.5. The van der Waals surface area contributed by atoms with E-state index in [0.717, 1.165) is 23.7 Å². The number of hydrogen-bond donors (Lipinski definition) is 1. The highest BCUT2D eigenvalue weighted by Gasteiger charge is 2.35. The Morgan fingerprint density at radius 3 is 2.67 bits per heavy atom. The Kier molecular flexibility index (Phi) is 3.00. The first-order valence-corrected chi connectivity index (χ1v) is 7.72. The molecule has 4 nitrogen and oxygen atoms in total. The van der Waals surface area contributed by atoms with Crippen molar-refractivity contribution in [1.82, 2.24) is 9.88 Å². The van der Waals surface area contributed by atoms with Gasteiger partial charge in [0, 0.05) is 30.0 Å². The van der Waals surface area contributed by atoms with Crippen LogP contribution in [0.2, 0.25) is 0 Å². The zero-order valence-electron chi connectivity index (χ0n) is 12.2. The van der Waals surface area contributed by atoms with Crippen molar-refractivity contribution in [1.29, 1.82) is 0 Å². The number of esters is 1. The molecule has 3 atom stereocenters. The van der Waals surface area contributed by atoms with E-state index >= 15 is 0 Å². The van der Waals surface area contributed by atoms with Crippen LogP contribution in [0.15, 0.2) is 30.3 Å². The van der Waals surface area contributed by atoms with Gasteiger partial charge in [-0.1, -0.05) is 18.2 Å². The number of benzene rings is 1. The van der Waals surface area contributed by atoms with Gasteiger partial charge in [-0.05, 0) is 37.8 Å². The van der Waals surface area contributed by atoms with E-state index in [-0.39, 0.29) is 12.1 Å². The van der Waals surface area contributed by atoms with Crippen LogP contribution in [0.5, 0.6) is 0 Å². The molecule has 0 saturated carbocycles. The molecule has 0 radical (unpaired) electrons. The molecule has 2 aliphatic heterocycles. The topological polar surface area (TPSA) is 43.3 Å². The summed E-state index contributed by atoms with van der Waals surface area (Å²) in [5.41, 5.74) is 1.71. The maximum Gasteiger partial charge on any atom is 0.355 e. The van der Waals surface area contributed by atoms with Crippen molar-refractivity contribution >= 4 is 16.9 Å². The number of aryl methyl sites for hydroxylation is 1. The van der Waals surface area contributed by atoms with Gasteiger partial charge < -0.3 is 14.6 Å². The second kappa shape index (κ2) is 4.88. The van der Waals surface area contributed by atoms with E-state index in [0.29, 0.717) is 17.8 Å². The van der Waals surface area contributed by atoms with Gasteiger partial charge in [-0.25, -0.2) is 4.79 Å². The highest BCUT2D eigenvalue weighted by molar-refractivity contribution is 5.95. The zero-order chi connectivity index (χ0) is 14.4. The minimum absolute atomic E-state index is 0.0641. The van der Waals surface area contributed by atoms with Crippen LogP contribution in [0.25, 0.3) is 10.9 Å². The summed E-state index contributed by atoms with van der Waals surface area (Å²) < 4.78 is 7.69. The fourth-order valence-electron chi connectivity index (χ4n) is 3.80. The molecular weight excluding hydrogens is 264 g/mol. The largest absolute Gasteiger partial charge is 0.458 e. The molecule has 0 spiro atoms. The van der Waals surface area contributed by atoms with E-state index in [1.165, 1.54) is 12.8 Å². The summed E-state index contributed by atoms with van der Waals surface area (Å²) in [7, 11) is 1.92. The molecule has 4 heteroatoms. The molecule has 2 fully saturated rings. The maximum atomic E-state index is 12.5. The van der Waals surface area contributed by atoms with E-state index in [4.69, 9.17) is 4.74 Å². The van der Waals surface area contributed by atoms with Gasteiger partial charge in [0.25, 0.3) is 0 Å². The van der Waals surface area contributed by atoms with Gasteiger partial charge in [-0.2, -0.15) is 0 Å². The molecule has 2 saturated heterocycles. The summed E-state index contributed by atoms with van der Waals surface area (Å²) in [5, 5.41) is 4.65. The van der Waals surface area contributed by atoms with Gasteiger partial charge >= 0.3 is 5.97 Å². The van der Waals surface area contributed by atoms with Crippen molar-refractivity contribution < 1.29 is 9.53 Å². The van der Waals surface area contributed by atoms with Gasteiger partial charge in [0.1, 0.15) is 11.8 Å². The normalized spacial score (nSPS) is 28.0. The molecule has 0 amide bonds. The Morgan fingerprint density at radius 2 is 1.95 bits per heavy atom. The van der Waals surface area contributed by atoms with Gasteiger partial charge in [0.05, 0.1) is 0 Å². The number of para-hydroxylation sites is 1. The Balaban J connectivity index is 1.55. The van der Waals surface area contributed by atoms with Crippen molar-refractivity contribution in [2.45, 2.75) is 43.9 Å². The molecule has 21 heavy (non-hydrogen) atoms. The molecule has 1 aromatic heterocycles. The average Bonchev–Trinajstić information content (AvgIpc) is 3.00. The van der Waals surface area contributed by atoms with Gasteiger partial charge in [0.2, 0.25) is 0 Å². The number of nitrogens with zero attached hydrogens (tertiary/aromatic N) is 1. The number of carbonyl (C=O) groups excluding carboxylic acids is 1. The van der Waals surface area contributed by atoms with Crippen LogP contribution in [0.3, 0.4) is 0 Å². The third-order valence-electron chi connectivity index (χ3n) is 4.86. The third kappa shape index (κ3) is 2.23. The van der Waals surface area contributed by atoms with Crippen molar-refractivity contribution in [2.24, 2.45) is 7.05 Å². The average molecular weight is 284 g/mol. The van der Waals surface area contributed by atoms with Crippen LogP contribution < -0.4 is 5.32 Å². The molecule has 2 aromatic rings. The lowest BCUT2D eigenvalue weighted by atomic mass is 10.0. The molecule has 1 aromatic carbocycles. The second-order valence-corrected chi connectivity index (χ2v) is 6.28. The number of rotatable bonds is 2. The van der Waals surface area contributed by atoms with Crippen molar-refractivity contribution in [3.8, 4) is 0 Å². The van der Waals surface area contributed by atoms with Crippen LogP contribution in [0, 0.1) is 0 Å². The predicted molar refractivity (Wildman–Crippen MR) is 81.3 cm³/mol. The smallest absolute Gasteiger partial charge is 0.355 e. The van der Waals surface area contributed by atoms with E-state index in [1.807, 2.05) is 41.9 Å². The Morgan fingerprint density at radius 1 is 1.24 bits per heavy atom. The number of aromatic nitrogens is 1. The Labute approximate surface area is 124 Å². The van der Waals surface area contributed by atoms with E-state index < -0.39 is 0 Å². The number of fused-ring (bicyclic) bond motifs is 3. The second-order valence-electron chi connectivity index (χ2n) is 6.28. The summed E-state index contributed by atoms with van der Waals surface area (Å²) in [6.07, 6.45) is 4.40. The van der Waals surface area contributed by atoms with Crippen LogP contribution in [0.1, 0.15) is 36.2 Å². The lowest BCUT2D eigenvalue weighted by molar-refractivity contribution is 0.0167. The first kappa shape index (κ1) is 12.9. The van der Waals surface area contributed by atoms with Crippen LogP contribution >= 0.6 is 0 Å². The molecule has 4 rings (SSSR count). The van der Waals surface area contributed by atoms with E-state index in [9.17, 15) is 4.79 Å². The highest BCUT2D eigenvalue weighted by Crippen LogP contribution is 2.29. The fraction of sp³-hybridized carbons (Fsp3) is 0.471. The molecule has 3 heterocycles. The summed E-state index contributed by atoms with van der Waals surface area (Å²) >= 11 is 0. The molecule has 110 valence electrons. The number of hydrogen-bond acceptors (Lipinski definition) is 3. The van der Waals surface area contributed by atoms with Gasteiger partial charge in [-0.3, -0.25) is 0 Å². The summed E-state index contributed by atoms with van der Waals surface area (Å²) in [6.45, 7) is 0. The quantitative estimate of drug-likeness (QED) is 0.862. The SMILES string of the molecule is Cn1c(C(=O)OC2C[C@H]3CC[C@@H](C2)N3)cc2ccccc21. The van der Waals surface area contributed by atoms with Gasteiger partial charge in [-0.15, -0.1) is 0 Å². The number of ether oxygens (including phenoxy) is 1.